The molecule has 2 unspecified atom stereocenters. The predicted molar refractivity (Wildman–Crippen MR) is 115 cm³/mol. The lowest BCUT2D eigenvalue weighted by Gasteiger charge is -2.25. The van der Waals surface area contributed by atoms with E-state index in [1.165, 1.54) is 6.08 Å². The van der Waals surface area contributed by atoms with Crippen molar-refractivity contribution in [3.63, 3.8) is 0 Å². The van der Waals surface area contributed by atoms with Crippen molar-refractivity contribution < 1.29 is 17.6 Å². The van der Waals surface area contributed by atoms with Gasteiger partial charge in [-0.3, -0.25) is 4.79 Å². The highest BCUT2D eigenvalue weighted by molar-refractivity contribution is 7.89. The number of piperidine rings is 1. The second-order valence-electron chi connectivity index (χ2n) is 8.22. The number of carbonyl (C=O) groups excluding carboxylic acids is 1. The van der Waals surface area contributed by atoms with Gasteiger partial charge in [0.15, 0.2) is 0 Å². The monoisotopic (exact) mass is 428 g/mol. The Kier molecular flexibility index (Phi) is 6.11. The minimum Gasteiger partial charge on any atom is -0.461 e. The fourth-order valence-electron chi connectivity index (χ4n) is 3.82. The average molecular weight is 429 g/mol. The first-order valence-corrected chi connectivity index (χ1v) is 12.0. The first-order valence-electron chi connectivity index (χ1n) is 10.6. The maximum absolute atomic E-state index is 12.7. The molecule has 0 bridgehead atoms. The summed E-state index contributed by atoms with van der Waals surface area (Å²) in [5.74, 6) is 2.63. The number of amides is 1. The van der Waals surface area contributed by atoms with E-state index in [0.717, 1.165) is 37.0 Å². The molecule has 2 aromatic rings. The molecule has 4 rings (SSSR count). The molecule has 30 heavy (non-hydrogen) atoms. The van der Waals surface area contributed by atoms with Crippen LogP contribution in [-0.2, 0) is 21.4 Å². The van der Waals surface area contributed by atoms with E-state index >= 15 is 0 Å². The highest BCUT2D eigenvalue weighted by atomic mass is 32.2. The van der Waals surface area contributed by atoms with Crippen molar-refractivity contribution >= 4 is 22.0 Å². The maximum Gasteiger partial charge on any atom is 0.244 e. The molecular formula is C23H28N2O4S. The summed E-state index contributed by atoms with van der Waals surface area (Å²) in [5, 5.41) is 2.81. The quantitative estimate of drug-likeness (QED) is 0.678. The van der Waals surface area contributed by atoms with Gasteiger partial charge in [-0.15, -0.1) is 0 Å². The van der Waals surface area contributed by atoms with E-state index in [1.807, 2.05) is 12.1 Å². The molecule has 1 aromatic heterocycles. The number of carbonyl (C=O) groups is 1. The van der Waals surface area contributed by atoms with Gasteiger partial charge in [0.2, 0.25) is 15.9 Å². The van der Waals surface area contributed by atoms with Crippen molar-refractivity contribution in [2.75, 3.05) is 13.1 Å². The van der Waals surface area contributed by atoms with Crippen molar-refractivity contribution in [3.05, 3.63) is 59.6 Å². The highest BCUT2D eigenvalue weighted by Crippen LogP contribution is 2.47. The van der Waals surface area contributed by atoms with Crippen LogP contribution in [0.4, 0.5) is 0 Å². The van der Waals surface area contributed by atoms with Crippen LogP contribution in [0, 0.1) is 5.92 Å². The summed E-state index contributed by atoms with van der Waals surface area (Å²) in [6.45, 7) is 3.70. The summed E-state index contributed by atoms with van der Waals surface area (Å²) < 4.78 is 32.7. The van der Waals surface area contributed by atoms with Gasteiger partial charge in [0.1, 0.15) is 11.5 Å². The Morgan fingerprint density at radius 2 is 1.83 bits per heavy atom. The van der Waals surface area contributed by atoms with Crippen LogP contribution in [0.5, 0.6) is 0 Å². The molecule has 7 heteroatoms. The van der Waals surface area contributed by atoms with Crippen LogP contribution in [0.3, 0.4) is 0 Å². The summed E-state index contributed by atoms with van der Waals surface area (Å²) in [5.41, 5.74) is 0.845. The third-order valence-corrected chi connectivity index (χ3v) is 7.78. The lowest BCUT2D eigenvalue weighted by molar-refractivity contribution is -0.116. The summed E-state index contributed by atoms with van der Waals surface area (Å²) in [6, 6.07) is 10.6. The van der Waals surface area contributed by atoms with Crippen LogP contribution in [0.1, 0.15) is 55.6 Å². The number of furan rings is 1. The topological polar surface area (TPSA) is 79.6 Å². The number of sulfonamides is 1. The van der Waals surface area contributed by atoms with Crippen LogP contribution >= 0.6 is 0 Å². The minimum absolute atomic E-state index is 0.224. The van der Waals surface area contributed by atoms with Gasteiger partial charge in [-0.2, -0.15) is 4.31 Å². The first-order chi connectivity index (χ1) is 14.4. The van der Waals surface area contributed by atoms with Gasteiger partial charge < -0.3 is 9.73 Å². The Balaban J connectivity index is 1.29. The van der Waals surface area contributed by atoms with Gasteiger partial charge in [0.25, 0.3) is 0 Å². The molecule has 160 valence electrons. The fraction of sp³-hybridized carbons (Fsp3) is 0.435. The van der Waals surface area contributed by atoms with Gasteiger partial charge in [0, 0.05) is 31.6 Å². The largest absolute Gasteiger partial charge is 0.461 e. The van der Waals surface area contributed by atoms with Crippen molar-refractivity contribution in [2.45, 2.75) is 50.0 Å². The minimum atomic E-state index is -3.43. The van der Waals surface area contributed by atoms with Gasteiger partial charge in [-0.25, -0.2) is 8.42 Å². The van der Waals surface area contributed by atoms with Crippen LogP contribution in [0.15, 0.2) is 51.8 Å². The summed E-state index contributed by atoms with van der Waals surface area (Å²) in [6.07, 6.45) is 7.19. The zero-order valence-corrected chi connectivity index (χ0v) is 18.0. The molecule has 2 atom stereocenters. The Hall–Kier alpha value is -2.38. The van der Waals surface area contributed by atoms with Crippen LogP contribution < -0.4 is 5.32 Å². The normalized spacial score (nSPS) is 22.3. The smallest absolute Gasteiger partial charge is 0.244 e. The third-order valence-electron chi connectivity index (χ3n) is 5.86. The van der Waals surface area contributed by atoms with Crippen molar-refractivity contribution in [2.24, 2.45) is 5.92 Å². The predicted octanol–water partition coefficient (Wildman–Crippen LogP) is 3.91. The van der Waals surface area contributed by atoms with Gasteiger partial charge >= 0.3 is 0 Å². The van der Waals surface area contributed by atoms with Crippen LogP contribution in [0.25, 0.3) is 6.08 Å². The number of hydrogen-bond donors (Lipinski definition) is 1. The van der Waals surface area contributed by atoms with Crippen molar-refractivity contribution in [3.8, 4) is 0 Å². The number of hydrogen-bond acceptors (Lipinski definition) is 4. The molecule has 2 fully saturated rings. The van der Waals surface area contributed by atoms with E-state index in [-0.39, 0.29) is 5.91 Å². The molecule has 2 heterocycles. The summed E-state index contributed by atoms with van der Waals surface area (Å²) in [4.78, 5) is 12.4. The Morgan fingerprint density at radius 3 is 2.50 bits per heavy atom. The van der Waals surface area contributed by atoms with E-state index in [0.29, 0.717) is 42.1 Å². The zero-order valence-electron chi connectivity index (χ0n) is 17.2. The maximum atomic E-state index is 12.7. The van der Waals surface area contributed by atoms with Gasteiger partial charge in [0.05, 0.1) is 4.90 Å². The average Bonchev–Trinajstić information content (AvgIpc) is 3.31. The van der Waals surface area contributed by atoms with Gasteiger partial charge in [-0.05, 0) is 61.1 Å². The van der Waals surface area contributed by atoms with Gasteiger partial charge in [-0.1, -0.05) is 25.5 Å². The molecule has 1 aliphatic heterocycles. The molecule has 1 saturated heterocycles. The molecule has 1 aliphatic carbocycles. The summed E-state index contributed by atoms with van der Waals surface area (Å²) >= 11 is 0. The molecule has 1 saturated carbocycles. The molecule has 6 nitrogen and oxygen atoms in total. The fourth-order valence-corrected chi connectivity index (χ4v) is 5.33. The standard InChI is InChI=1S/C23H28N2O4S/c1-17-15-21(17)22-11-7-19(29-22)8-12-23(26)24-16-18-5-9-20(10-6-18)30(27,28)25-13-3-2-4-14-25/h5-12,17,21H,2-4,13-16H2,1H3,(H,24,26)/b12-8+. The highest BCUT2D eigenvalue weighted by Gasteiger charge is 2.36. The van der Waals surface area contributed by atoms with Crippen molar-refractivity contribution in [1.29, 1.82) is 0 Å². The molecule has 1 aromatic carbocycles. The lowest BCUT2D eigenvalue weighted by atomic mass is 10.2. The molecule has 0 radical (unpaired) electrons. The SMILES string of the molecule is CC1CC1c1ccc(/C=C/C(=O)NCc2ccc(S(=O)(=O)N3CCCCC3)cc2)o1. The zero-order chi connectivity index (χ0) is 21.1. The first kappa shape index (κ1) is 20.9. The molecule has 1 amide bonds. The third kappa shape index (κ3) is 4.84. The number of benzene rings is 1. The summed E-state index contributed by atoms with van der Waals surface area (Å²) in [7, 11) is -3.43. The molecule has 0 spiro atoms. The van der Waals surface area contributed by atoms with E-state index in [1.54, 1.807) is 34.6 Å². The Labute approximate surface area is 178 Å². The van der Waals surface area contributed by atoms with E-state index in [2.05, 4.69) is 12.2 Å². The van der Waals surface area contributed by atoms with E-state index < -0.39 is 10.0 Å². The van der Waals surface area contributed by atoms with Crippen molar-refractivity contribution in [1.82, 2.24) is 9.62 Å². The van der Waals surface area contributed by atoms with E-state index in [4.69, 9.17) is 4.42 Å². The number of nitrogens with one attached hydrogen (secondary N) is 1. The Morgan fingerprint density at radius 1 is 1.13 bits per heavy atom. The van der Waals surface area contributed by atoms with Crippen LogP contribution in [0.2, 0.25) is 0 Å². The Bertz CT molecular complexity index is 1020. The number of nitrogens with zero attached hydrogens (tertiary/aromatic N) is 1. The lowest BCUT2D eigenvalue weighted by Crippen LogP contribution is -2.35. The molecule has 2 aliphatic rings. The molecular weight excluding hydrogens is 400 g/mol. The number of rotatable bonds is 7. The second kappa shape index (κ2) is 8.78. The molecule has 1 N–H and O–H groups in total. The van der Waals surface area contributed by atoms with Crippen LogP contribution in [-0.4, -0.2) is 31.7 Å². The van der Waals surface area contributed by atoms with E-state index in [9.17, 15) is 13.2 Å². The second-order valence-corrected chi connectivity index (χ2v) is 10.2.